The fourth-order valence-electron chi connectivity index (χ4n) is 0.986. The number of aryl methyl sites for hydroxylation is 1. The predicted octanol–water partition coefficient (Wildman–Crippen LogP) is 1.58. The van der Waals surface area contributed by atoms with Crippen molar-refractivity contribution in [3.63, 3.8) is 0 Å². The van der Waals surface area contributed by atoms with Crippen molar-refractivity contribution in [3.8, 4) is 17.6 Å². The van der Waals surface area contributed by atoms with Crippen LogP contribution in [-0.2, 0) is 0 Å². The molecule has 0 amide bonds. The molecule has 0 saturated carbocycles. The number of phenols is 1. The van der Waals surface area contributed by atoms with E-state index in [4.69, 9.17) is 10.00 Å². The first-order valence-corrected chi connectivity index (χ1v) is 3.46. The normalized spacial score (nSPS) is 9.08. The second-order valence-electron chi connectivity index (χ2n) is 2.48. The second-order valence-corrected chi connectivity index (χ2v) is 2.48. The van der Waals surface area contributed by atoms with E-state index in [9.17, 15) is 5.11 Å². The van der Waals surface area contributed by atoms with Crippen LogP contribution in [0.25, 0.3) is 0 Å². The quantitative estimate of drug-likeness (QED) is 0.683. The molecule has 3 heteroatoms. The molecule has 0 aliphatic rings. The number of phenolic OH excluding ortho intramolecular Hbond substituents is 1. The number of nitriles is 1. The van der Waals surface area contributed by atoms with Gasteiger partial charge in [0.1, 0.15) is 6.07 Å². The van der Waals surface area contributed by atoms with Crippen molar-refractivity contribution in [1.29, 1.82) is 5.26 Å². The number of ether oxygens (including phenoxy) is 1. The van der Waals surface area contributed by atoms with Gasteiger partial charge in [0.05, 0.1) is 12.7 Å². The Hall–Kier alpha value is -1.69. The Morgan fingerprint density at radius 3 is 2.67 bits per heavy atom. The Balaban J connectivity index is 3.34. The van der Waals surface area contributed by atoms with E-state index in [1.54, 1.807) is 12.1 Å². The summed E-state index contributed by atoms with van der Waals surface area (Å²) in [5.74, 6) is 0.247. The molecule has 0 heterocycles. The largest absolute Gasteiger partial charge is 0.503 e. The van der Waals surface area contributed by atoms with Gasteiger partial charge < -0.3 is 9.84 Å². The van der Waals surface area contributed by atoms with E-state index >= 15 is 0 Å². The van der Waals surface area contributed by atoms with Crippen LogP contribution in [0, 0.1) is 18.3 Å². The Bertz CT molecular complexity index is 339. The third-order valence-corrected chi connectivity index (χ3v) is 1.56. The first-order chi connectivity index (χ1) is 5.69. The summed E-state index contributed by atoms with van der Waals surface area (Å²) in [4.78, 5) is 0. The van der Waals surface area contributed by atoms with Gasteiger partial charge in [-0.25, -0.2) is 0 Å². The van der Waals surface area contributed by atoms with E-state index in [1.807, 2.05) is 13.0 Å². The van der Waals surface area contributed by atoms with Gasteiger partial charge in [0.15, 0.2) is 11.5 Å². The smallest absolute Gasteiger partial charge is 0.175 e. The average Bonchev–Trinajstić information content (AvgIpc) is 2.08. The van der Waals surface area contributed by atoms with Crippen molar-refractivity contribution in [2.45, 2.75) is 6.92 Å². The van der Waals surface area contributed by atoms with E-state index in [0.717, 1.165) is 5.56 Å². The summed E-state index contributed by atoms with van der Waals surface area (Å²) in [5.41, 5.74) is 1.13. The molecule has 0 atom stereocenters. The van der Waals surface area contributed by atoms with Crippen LogP contribution in [0.15, 0.2) is 12.1 Å². The second kappa shape index (κ2) is 3.14. The standard InChI is InChI=1S/C9H9NO2/c1-6-3-7(5-10)9(11)8(4-6)12-2/h3-4,11H,1-2H3. The lowest BCUT2D eigenvalue weighted by Gasteiger charge is -2.05. The molecule has 1 N–H and O–H groups in total. The minimum atomic E-state index is -0.0920. The molecule has 0 saturated heterocycles. The van der Waals surface area contributed by atoms with Crippen LogP contribution in [-0.4, -0.2) is 12.2 Å². The third kappa shape index (κ3) is 1.32. The highest BCUT2D eigenvalue weighted by atomic mass is 16.5. The minimum absolute atomic E-state index is 0.0920. The van der Waals surface area contributed by atoms with Gasteiger partial charge in [-0.05, 0) is 24.6 Å². The molecule has 0 radical (unpaired) electrons. The molecule has 3 nitrogen and oxygen atoms in total. The maximum atomic E-state index is 9.37. The summed E-state index contributed by atoms with van der Waals surface area (Å²) in [6.45, 7) is 1.84. The summed E-state index contributed by atoms with van der Waals surface area (Å²) < 4.78 is 4.87. The van der Waals surface area contributed by atoms with Gasteiger partial charge >= 0.3 is 0 Å². The summed E-state index contributed by atoms with van der Waals surface area (Å²) >= 11 is 0. The van der Waals surface area contributed by atoms with E-state index in [0.29, 0.717) is 5.75 Å². The molecule has 0 spiro atoms. The monoisotopic (exact) mass is 163 g/mol. The Labute approximate surface area is 70.8 Å². The fourth-order valence-corrected chi connectivity index (χ4v) is 0.986. The van der Waals surface area contributed by atoms with Crippen molar-refractivity contribution < 1.29 is 9.84 Å². The summed E-state index contributed by atoms with van der Waals surface area (Å²) in [5, 5.41) is 18.0. The van der Waals surface area contributed by atoms with Gasteiger partial charge in [-0.2, -0.15) is 5.26 Å². The van der Waals surface area contributed by atoms with Crippen molar-refractivity contribution in [2.75, 3.05) is 7.11 Å². The number of methoxy groups -OCH3 is 1. The summed E-state index contributed by atoms with van der Waals surface area (Å²) in [6.07, 6.45) is 0. The van der Waals surface area contributed by atoms with Crippen LogP contribution in [0.2, 0.25) is 0 Å². The lowest BCUT2D eigenvalue weighted by atomic mass is 10.1. The molecule has 62 valence electrons. The van der Waals surface area contributed by atoms with Crippen LogP contribution in [0.1, 0.15) is 11.1 Å². The van der Waals surface area contributed by atoms with Gasteiger partial charge in [0.2, 0.25) is 0 Å². The highest BCUT2D eigenvalue weighted by Gasteiger charge is 2.07. The SMILES string of the molecule is COc1cc(C)cc(C#N)c1O. The zero-order valence-corrected chi connectivity index (χ0v) is 6.96. The fraction of sp³-hybridized carbons (Fsp3) is 0.222. The average molecular weight is 163 g/mol. The molecule has 1 aromatic carbocycles. The molecule has 1 rings (SSSR count). The lowest BCUT2D eigenvalue weighted by molar-refractivity contribution is 0.372. The van der Waals surface area contributed by atoms with Crippen LogP contribution in [0.3, 0.4) is 0 Å². The topological polar surface area (TPSA) is 53.2 Å². The predicted molar refractivity (Wildman–Crippen MR) is 44.1 cm³/mol. The molecule has 0 aliphatic heterocycles. The van der Waals surface area contributed by atoms with E-state index in [1.165, 1.54) is 7.11 Å². The zero-order valence-electron chi connectivity index (χ0n) is 6.96. The van der Waals surface area contributed by atoms with Crippen molar-refractivity contribution in [3.05, 3.63) is 23.3 Å². The molecular formula is C9H9NO2. The first-order valence-electron chi connectivity index (χ1n) is 3.46. The van der Waals surface area contributed by atoms with Gasteiger partial charge in [-0.3, -0.25) is 0 Å². The summed E-state index contributed by atoms with van der Waals surface area (Å²) in [7, 11) is 1.45. The van der Waals surface area contributed by atoms with E-state index < -0.39 is 0 Å². The number of hydrogen-bond acceptors (Lipinski definition) is 3. The lowest BCUT2D eigenvalue weighted by Crippen LogP contribution is -1.87. The Morgan fingerprint density at radius 2 is 2.17 bits per heavy atom. The Morgan fingerprint density at radius 1 is 1.50 bits per heavy atom. The van der Waals surface area contributed by atoms with Crippen LogP contribution in [0.4, 0.5) is 0 Å². The zero-order chi connectivity index (χ0) is 9.14. The van der Waals surface area contributed by atoms with Crippen molar-refractivity contribution in [2.24, 2.45) is 0 Å². The van der Waals surface area contributed by atoms with Gasteiger partial charge in [-0.15, -0.1) is 0 Å². The minimum Gasteiger partial charge on any atom is -0.503 e. The van der Waals surface area contributed by atoms with Crippen molar-refractivity contribution >= 4 is 0 Å². The van der Waals surface area contributed by atoms with E-state index in [-0.39, 0.29) is 11.3 Å². The van der Waals surface area contributed by atoms with E-state index in [2.05, 4.69) is 0 Å². The molecule has 0 unspecified atom stereocenters. The molecule has 1 aromatic rings. The molecular weight excluding hydrogens is 154 g/mol. The third-order valence-electron chi connectivity index (χ3n) is 1.56. The maximum absolute atomic E-state index is 9.37. The molecule has 0 aliphatic carbocycles. The number of benzene rings is 1. The number of hydrogen-bond donors (Lipinski definition) is 1. The molecule has 0 bridgehead atoms. The highest BCUT2D eigenvalue weighted by molar-refractivity contribution is 5.53. The molecule has 0 aromatic heterocycles. The number of rotatable bonds is 1. The van der Waals surface area contributed by atoms with Gasteiger partial charge in [0, 0.05) is 0 Å². The highest BCUT2D eigenvalue weighted by Crippen LogP contribution is 2.30. The Kier molecular flexibility index (Phi) is 2.20. The van der Waals surface area contributed by atoms with Crippen LogP contribution < -0.4 is 4.74 Å². The van der Waals surface area contributed by atoms with Crippen molar-refractivity contribution in [1.82, 2.24) is 0 Å². The molecule has 0 fully saturated rings. The van der Waals surface area contributed by atoms with Crippen LogP contribution in [0.5, 0.6) is 11.5 Å². The molecule has 12 heavy (non-hydrogen) atoms. The number of aromatic hydroxyl groups is 1. The van der Waals surface area contributed by atoms with Crippen LogP contribution >= 0.6 is 0 Å². The first kappa shape index (κ1) is 8.41. The van der Waals surface area contributed by atoms with Gasteiger partial charge in [0.25, 0.3) is 0 Å². The van der Waals surface area contributed by atoms with Gasteiger partial charge in [-0.1, -0.05) is 0 Å². The number of nitrogens with zero attached hydrogens (tertiary/aromatic N) is 1. The maximum Gasteiger partial charge on any atom is 0.175 e. The summed E-state index contributed by atoms with van der Waals surface area (Å²) in [6, 6.07) is 5.17.